The van der Waals surface area contributed by atoms with E-state index in [1.54, 1.807) is 13.0 Å². The molecule has 18 heavy (non-hydrogen) atoms. The monoisotopic (exact) mass is 252 g/mol. The summed E-state index contributed by atoms with van der Waals surface area (Å²) in [5.41, 5.74) is 0.822. The van der Waals surface area contributed by atoms with Gasteiger partial charge in [-0.15, -0.1) is 0 Å². The maximum Gasteiger partial charge on any atom is 0.341 e. The summed E-state index contributed by atoms with van der Waals surface area (Å²) in [7, 11) is 0. The Labute approximate surface area is 106 Å². The second-order valence-corrected chi connectivity index (χ2v) is 4.57. The lowest BCUT2D eigenvalue weighted by molar-refractivity contribution is -0.0302. The first-order valence-electron chi connectivity index (χ1n) is 6.21. The van der Waals surface area contributed by atoms with Gasteiger partial charge in [-0.2, -0.15) is 0 Å². The van der Waals surface area contributed by atoms with Crippen molar-refractivity contribution in [2.24, 2.45) is 0 Å². The molecule has 1 aliphatic rings. The third-order valence-corrected chi connectivity index (χ3v) is 3.02. The van der Waals surface area contributed by atoms with Gasteiger partial charge in [0.1, 0.15) is 12.4 Å². The number of carbonyl (C=O) groups excluding carboxylic acids is 1. The highest BCUT2D eigenvalue weighted by Gasteiger charge is 2.18. The van der Waals surface area contributed by atoms with Crippen LogP contribution in [-0.4, -0.2) is 25.3 Å². The van der Waals surface area contributed by atoms with Crippen LogP contribution in [0.4, 0.5) is 4.39 Å². The van der Waals surface area contributed by atoms with Gasteiger partial charge in [-0.25, -0.2) is 9.18 Å². The topological polar surface area (TPSA) is 35.5 Å². The quantitative estimate of drug-likeness (QED) is 0.776. The van der Waals surface area contributed by atoms with Gasteiger partial charge in [0.15, 0.2) is 0 Å². The molecule has 0 amide bonds. The molecule has 1 aromatic carbocycles. The minimum absolute atomic E-state index is 0.00851. The fourth-order valence-electron chi connectivity index (χ4n) is 1.98. The molecule has 1 atom stereocenters. The van der Waals surface area contributed by atoms with Crippen molar-refractivity contribution in [2.45, 2.75) is 32.3 Å². The smallest absolute Gasteiger partial charge is 0.341 e. The van der Waals surface area contributed by atoms with Crippen molar-refractivity contribution in [1.29, 1.82) is 0 Å². The number of carbonyl (C=O) groups is 1. The van der Waals surface area contributed by atoms with Crippen LogP contribution < -0.4 is 0 Å². The van der Waals surface area contributed by atoms with E-state index in [0.29, 0.717) is 6.61 Å². The van der Waals surface area contributed by atoms with Crippen molar-refractivity contribution >= 4 is 5.97 Å². The molecule has 0 N–H and O–H groups in total. The van der Waals surface area contributed by atoms with E-state index >= 15 is 0 Å². The van der Waals surface area contributed by atoms with Crippen LogP contribution in [0.3, 0.4) is 0 Å². The van der Waals surface area contributed by atoms with Crippen molar-refractivity contribution in [3.63, 3.8) is 0 Å². The summed E-state index contributed by atoms with van der Waals surface area (Å²) in [5, 5.41) is 0. The highest BCUT2D eigenvalue weighted by molar-refractivity contribution is 5.89. The summed E-state index contributed by atoms with van der Waals surface area (Å²) in [6.07, 6.45) is 2.98. The van der Waals surface area contributed by atoms with Gasteiger partial charge in [-0.3, -0.25) is 0 Å². The Morgan fingerprint density at radius 3 is 3.06 bits per heavy atom. The fraction of sp³-hybridized carbons (Fsp3) is 0.500. The molecule has 98 valence electrons. The molecular weight excluding hydrogens is 235 g/mol. The van der Waals surface area contributed by atoms with Gasteiger partial charge in [0.05, 0.1) is 11.7 Å². The molecule has 1 heterocycles. The van der Waals surface area contributed by atoms with Crippen molar-refractivity contribution in [3.8, 4) is 0 Å². The van der Waals surface area contributed by atoms with E-state index in [1.165, 1.54) is 12.1 Å². The molecule has 0 bridgehead atoms. The number of halogens is 1. The van der Waals surface area contributed by atoms with Gasteiger partial charge < -0.3 is 9.47 Å². The second-order valence-electron chi connectivity index (χ2n) is 4.57. The summed E-state index contributed by atoms with van der Waals surface area (Å²) in [6, 6.07) is 4.40. The molecule has 1 fully saturated rings. The van der Waals surface area contributed by atoms with Crippen LogP contribution in [0.1, 0.15) is 35.2 Å². The van der Waals surface area contributed by atoms with Gasteiger partial charge in [0.2, 0.25) is 0 Å². The van der Waals surface area contributed by atoms with Gasteiger partial charge in [-0.05, 0) is 38.3 Å². The Hall–Kier alpha value is -1.42. The summed E-state index contributed by atoms with van der Waals surface area (Å²) in [4.78, 5) is 11.7. The zero-order valence-corrected chi connectivity index (χ0v) is 10.4. The van der Waals surface area contributed by atoms with Crippen LogP contribution in [0.15, 0.2) is 18.2 Å². The van der Waals surface area contributed by atoms with Gasteiger partial charge >= 0.3 is 5.97 Å². The molecule has 4 heteroatoms. The molecule has 1 aromatic rings. The molecule has 1 saturated heterocycles. The maximum absolute atomic E-state index is 13.5. The Morgan fingerprint density at radius 2 is 2.33 bits per heavy atom. The van der Waals surface area contributed by atoms with E-state index in [2.05, 4.69) is 0 Å². The highest BCUT2D eigenvalue weighted by atomic mass is 19.1. The SMILES string of the molecule is Cc1ccc(F)c(C(=O)OCC2CCCCO2)c1. The molecule has 0 radical (unpaired) electrons. The Kier molecular flexibility index (Phi) is 4.31. The first-order chi connectivity index (χ1) is 8.66. The summed E-state index contributed by atoms with van der Waals surface area (Å²) in [6.45, 7) is 2.72. The molecule has 0 aromatic heterocycles. The van der Waals surface area contributed by atoms with E-state index in [4.69, 9.17) is 9.47 Å². The lowest BCUT2D eigenvalue weighted by Gasteiger charge is -2.22. The number of hydrogen-bond donors (Lipinski definition) is 0. The third kappa shape index (κ3) is 3.29. The first kappa shape index (κ1) is 13.0. The van der Waals surface area contributed by atoms with Crippen LogP contribution in [0.5, 0.6) is 0 Å². The summed E-state index contributed by atoms with van der Waals surface area (Å²) < 4.78 is 24.0. The predicted molar refractivity (Wildman–Crippen MR) is 65.0 cm³/mol. The zero-order chi connectivity index (χ0) is 13.0. The van der Waals surface area contributed by atoms with E-state index in [1.807, 2.05) is 0 Å². The standard InChI is InChI=1S/C14H17FO3/c1-10-5-6-13(15)12(8-10)14(16)18-9-11-4-2-3-7-17-11/h5-6,8,11H,2-4,7,9H2,1H3. The molecule has 0 saturated carbocycles. The van der Waals surface area contributed by atoms with Gasteiger partial charge in [-0.1, -0.05) is 11.6 Å². The number of ether oxygens (including phenoxy) is 2. The van der Waals surface area contributed by atoms with E-state index in [9.17, 15) is 9.18 Å². The minimum Gasteiger partial charge on any atom is -0.459 e. The minimum atomic E-state index is -0.620. The Balaban J connectivity index is 1.92. The molecule has 3 nitrogen and oxygen atoms in total. The Bertz CT molecular complexity index is 425. The van der Waals surface area contributed by atoms with E-state index < -0.39 is 11.8 Å². The van der Waals surface area contributed by atoms with Crippen molar-refractivity contribution in [2.75, 3.05) is 13.2 Å². The number of esters is 1. The maximum atomic E-state index is 13.5. The molecule has 0 spiro atoms. The first-order valence-corrected chi connectivity index (χ1v) is 6.21. The molecular formula is C14H17FO3. The van der Waals surface area contributed by atoms with Gasteiger partial charge in [0.25, 0.3) is 0 Å². The summed E-state index contributed by atoms with van der Waals surface area (Å²) >= 11 is 0. The predicted octanol–water partition coefficient (Wildman–Crippen LogP) is 2.86. The highest BCUT2D eigenvalue weighted by Crippen LogP contribution is 2.15. The second kappa shape index (κ2) is 5.96. The van der Waals surface area contributed by atoms with E-state index in [-0.39, 0.29) is 18.3 Å². The number of aryl methyl sites for hydroxylation is 1. The largest absolute Gasteiger partial charge is 0.459 e. The molecule has 1 aliphatic heterocycles. The zero-order valence-electron chi connectivity index (χ0n) is 10.4. The number of rotatable bonds is 3. The number of hydrogen-bond acceptors (Lipinski definition) is 3. The normalized spacial score (nSPS) is 19.6. The van der Waals surface area contributed by atoms with Crippen LogP contribution in [0.25, 0.3) is 0 Å². The lowest BCUT2D eigenvalue weighted by atomic mass is 10.1. The lowest BCUT2D eigenvalue weighted by Crippen LogP contribution is -2.26. The average molecular weight is 252 g/mol. The third-order valence-electron chi connectivity index (χ3n) is 3.02. The number of benzene rings is 1. The van der Waals surface area contributed by atoms with E-state index in [0.717, 1.165) is 24.8 Å². The Morgan fingerprint density at radius 1 is 1.50 bits per heavy atom. The molecule has 0 aliphatic carbocycles. The van der Waals surface area contributed by atoms with Crippen LogP contribution >= 0.6 is 0 Å². The average Bonchev–Trinajstić information content (AvgIpc) is 2.40. The molecule has 2 rings (SSSR count). The van der Waals surface area contributed by atoms with Crippen LogP contribution in [0.2, 0.25) is 0 Å². The van der Waals surface area contributed by atoms with Crippen LogP contribution in [0, 0.1) is 12.7 Å². The summed E-state index contributed by atoms with van der Waals surface area (Å²) in [5.74, 6) is -1.17. The van der Waals surface area contributed by atoms with Gasteiger partial charge in [0, 0.05) is 6.61 Å². The molecule has 1 unspecified atom stereocenters. The fourth-order valence-corrected chi connectivity index (χ4v) is 1.98. The van der Waals surface area contributed by atoms with Crippen molar-refractivity contribution in [3.05, 3.63) is 35.1 Å². The van der Waals surface area contributed by atoms with Crippen molar-refractivity contribution < 1.29 is 18.7 Å². The van der Waals surface area contributed by atoms with Crippen molar-refractivity contribution in [1.82, 2.24) is 0 Å². The van der Waals surface area contributed by atoms with Crippen LogP contribution in [-0.2, 0) is 9.47 Å².